The van der Waals surface area contributed by atoms with Crippen molar-refractivity contribution in [2.45, 2.75) is 5.51 Å². The number of fused-ring (bicyclic) bond motifs is 12. The van der Waals surface area contributed by atoms with Crippen molar-refractivity contribution in [3.63, 3.8) is 0 Å². The molecule has 69 heavy (non-hydrogen) atoms. The average Bonchev–Trinajstić information content (AvgIpc) is 4.11. The van der Waals surface area contributed by atoms with Crippen LogP contribution in [0, 0.1) is 11.6 Å². The molecule has 0 aliphatic carbocycles. The van der Waals surface area contributed by atoms with Gasteiger partial charge in [0, 0.05) is 48.7 Å². The predicted octanol–water partition coefficient (Wildman–Crippen LogP) is 12.5. The summed E-state index contributed by atoms with van der Waals surface area (Å²) >= 11 is 0. The van der Waals surface area contributed by atoms with E-state index in [9.17, 15) is 40.4 Å². The molecule has 18 heteroatoms. The molecule has 2 N–H and O–H groups in total. The summed E-state index contributed by atoms with van der Waals surface area (Å²) < 4.78 is 125. The van der Waals surface area contributed by atoms with E-state index in [1.54, 1.807) is 19.2 Å². The Balaban J connectivity index is 0.000000124. The molecule has 12 aromatic rings. The van der Waals surface area contributed by atoms with E-state index in [-0.39, 0.29) is 27.8 Å². The minimum atomic E-state index is -5.82. The fraction of sp³-hybridized carbons (Fsp3) is 0.0588. The van der Waals surface area contributed by atoms with Gasteiger partial charge in [-0.1, -0.05) is 66.7 Å². The molecule has 0 radical (unpaired) electrons. The molecule has 0 unspecified atom stereocenters. The molecule has 0 saturated carbocycles. The Morgan fingerprint density at radius 1 is 0.478 bits per heavy atom. The van der Waals surface area contributed by atoms with Crippen LogP contribution < -0.4 is 19.1 Å². The molecular weight excluding hydrogens is 926 g/mol. The summed E-state index contributed by atoms with van der Waals surface area (Å²) in [5, 5.41) is 24.9. The Kier molecular flexibility index (Phi) is 11.2. The Bertz CT molecular complexity index is 4060. The van der Waals surface area contributed by atoms with Gasteiger partial charge in [-0.2, -0.15) is 21.6 Å². The molecule has 0 bridgehead atoms. The maximum absolute atomic E-state index is 13.8. The van der Waals surface area contributed by atoms with E-state index < -0.39 is 34.3 Å². The van der Waals surface area contributed by atoms with Crippen LogP contribution in [0.2, 0.25) is 0 Å². The van der Waals surface area contributed by atoms with Crippen LogP contribution >= 0.6 is 0 Å². The zero-order valence-corrected chi connectivity index (χ0v) is 36.6. The lowest BCUT2D eigenvalue weighted by atomic mass is 9.78. The number of ether oxygens (including phenoxy) is 2. The highest BCUT2D eigenvalue weighted by Gasteiger charge is 2.49. The van der Waals surface area contributed by atoms with Crippen molar-refractivity contribution in [3.8, 4) is 28.4 Å². The number of rotatable bonds is 6. The first-order valence-electron chi connectivity index (χ1n) is 20.7. The number of hydrogen-bond acceptors (Lipinski definition) is 11. The third kappa shape index (κ3) is 7.87. The van der Waals surface area contributed by atoms with E-state index >= 15 is 0 Å². The monoisotopic (exact) mass is 958 g/mol. The molecule has 11 nitrogen and oxygen atoms in total. The van der Waals surface area contributed by atoms with Crippen molar-refractivity contribution >= 4 is 110 Å². The summed E-state index contributed by atoms with van der Waals surface area (Å²) in [7, 11) is -4.33. The quantitative estimate of drug-likeness (QED) is 0.0708. The molecule has 0 spiro atoms. The predicted molar refractivity (Wildman–Crippen MR) is 252 cm³/mol. The normalized spacial score (nSPS) is 12.0. The van der Waals surface area contributed by atoms with Gasteiger partial charge in [-0.25, -0.2) is 8.78 Å². The molecule has 346 valence electrons. The van der Waals surface area contributed by atoms with Crippen molar-refractivity contribution < 1.29 is 71.7 Å². The van der Waals surface area contributed by atoms with Crippen LogP contribution in [0.25, 0.3) is 98.9 Å². The fourth-order valence-corrected chi connectivity index (χ4v) is 8.82. The van der Waals surface area contributed by atoms with Crippen molar-refractivity contribution in [2.75, 3.05) is 14.2 Å². The minimum absolute atomic E-state index is 0.192. The van der Waals surface area contributed by atoms with Gasteiger partial charge in [0.2, 0.25) is 0 Å². The molecule has 4 heterocycles. The van der Waals surface area contributed by atoms with Crippen LogP contribution in [0.1, 0.15) is 0 Å². The first-order valence-corrected chi connectivity index (χ1v) is 22.1. The molecule has 0 saturated heterocycles. The van der Waals surface area contributed by atoms with E-state index in [0.29, 0.717) is 39.2 Å². The van der Waals surface area contributed by atoms with Gasteiger partial charge in [0.15, 0.2) is 11.3 Å². The Hall–Kier alpha value is -8.06. The van der Waals surface area contributed by atoms with E-state index in [4.69, 9.17) is 27.1 Å². The van der Waals surface area contributed by atoms with Gasteiger partial charge in [-0.15, -0.1) is 0 Å². The molecule has 0 amide bonds. The second-order valence-corrected chi connectivity index (χ2v) is 17.0. The fourth-order valence-electron chi connectivity index (χ4n) is 8.35. The topological polar surface area (TPSA) is 155 Å². The van der Waals surface area contributed by atoms with Gasteiger partial charge in [0.25, 0.3) is 0 Å². The maximum atomic E-state index is 13.8. The van der Waals surface area contributed by atoms with Crippen molar-refractivity contribution in [1.82, 2.24) is 0 Å². The lowest BCUT2D eigenvalue weighted by molar-refractivity contribution is -0.0499. The van der Waals surface area contributed by atoms with Gasteiger partial charge < -0.3 is 41.4 Å². The standard InChI is InChI=1S/C25H15FO3.C13H11BO4.C13H6F4O4S/c1-27-22-12-10-17-15-5-2-3-8-20(15)29-25(17)23(22)18-7-4-6-16-19-13-14(26)9-11-21(19)28-24(16)18;1-17-11-7-6-9-8-4-2-3-5-10(8)18-13(9)12(11)14(15)16;14-7-4-5-10-9(6-7)8-2-1-3-11(12(8)20-10)21-22(18,19)13(15,16)17/h2-13H,1H3;2-7,15-16H,1H3;1-6H. The summed E-state index contributed by atoms with van der Waals surface area (Å²) in [6, 6.07) is 40.7. The number of para-hydroxylation sites is 4. The van der Waals surface area contributed by atoms with Crippen molar-refractivity contribution in [1.29, 1.82) is 0 Å². The number of benzene rings is 8. The maximum Gasteiger partial charge on any atom is 0.534 e. The lowest BCUT2D eigenvalue weighted by Crippen LogP contribution is -2.31. The third-order valence-electron chi connectivity index (χ3n) is 11.4. The van der Waals surface area contributed by atoms with Gasteiger partial charge in [-0.05, 0) is 78.9 Å². The van der Waals surface area contributed by atoms with E-state index in [1.807, 2.05) is 84.9 Å². The summed E-state index contributed by atoms with van der Waals surface area (Å²) in [5.41, 5.74) is 0.386. The molecule has 12 rings (SSSR count). The second-order valence-electron chi connectivity index (χ2n) is 15.4. The molecular formula is C51H32BF5O11S. The smallest absolute Gasteiger partial charge is 0.497 e. The van der Waals surface area contributed by atoms with E-state index in [2.05, 4.69) is 4.18 Å². The Labute approximate surface area is 386 Å². The van der Waals surface area contributed by atoms with Crippen molar-refractivity contribution in [3.05, 3.63) is 157 Å². The summed E-state index contributed by atoms with van der Waals surface area (Å²) in [5.74, 6) is -0.384. The number of hydrogen-bond donors (Lipinski definition) is 2. The molecule has 0 atom stereocenters. The van der Waals surface area contributed by atoms with Crippen LogP contribution in [-0.4, -0.2) is 45.3 Å². The molecule has 8 aromatic carbocycles. The number of methoxy groups -OCH3 is 2. The molecule has 0 aliphatic rings. The number of halogens is 5. The Morgan fingerprint density at radius 2 is 0.942 bits per heavy atom. The highest BCUT2D eigenvalue weighted by atomic mass is 32.2. The van der Waals surface area contributed by atoms with E-state index in [1.165, 1.54) is 37.4 Å². The largest absolute Gasteiger partial charge is 0.534 e. The summed E-state index contributed by atoms with van der Waals surface area (Å²) in [4.78, 5) is 0. The highest BCUT2D eigenvalue weighted by molar-refractivity contribution is 7.88. The van der Waals surface area contributed by atoms with Gasteiger partial charge in [0.1, 0.15) is 62.2 Å². The molecule has 4 aromatic heterocycles. The van der Waals surface area contributed by atoms with Crippen LogP contribution in [-0.2, 0) is 10.1 Å². The van der Waals surface area contributed by atoms with Crippen molar-refractivity contribution in [2.24, 2.45) is 0 Å². The lowest BCUT2D eigenvalue weighted by Gasteiger charge is -2.10. The first-order chi connectivity index (χ1) is 33.1. The van der Waals surface area contributed by atoms with Gasteiger partial charge in [-0.3, -0.25) is 0 Å². The van der Waals surface area contributed by atoms with Gasteiger partial charge >= 0.3 is 22.7 Å². The molecule has 0 aliphatic heterocycles. The molecule has 0 fully saturated rings. The number of alkyl halides is 3. The van der Waals surface area contributed by atoms with Crippen LogP contribution in [0.15, 0.2) is 163 Å². The minimum Gasteiger partial charge on any atom is -0.497 e. The SMILES string of the molecule is COc1ccc2c(oc3ccccc32)c1-c1cccc2c1oc1ccc(F)cc12.COc1ccc2c(oc3ccccc32)c1B(O)O.O=S(=O)(Oc1cccc2c1oc1ccc(F)cc12)C(F)(F)F. The van der Waals surface area contributed by atoms with Crippen LogP contribution in [0.3, 0.4) is 0 Å². The van der Waals surface area contributed by atoms with E-state index in [0.717, 1.165) is 72.8 Å². The average molecular weight is 959 g/mol. The number of furan rings is 4. The first kappa shape index (κ1) is 44.8. The summed E-state index contributed by atoms with van der Waals surface area (Å²) in [6.45, 7) is 0. The third-order valence-corrected chi connectivity index (χ3v) is 12.4. The summed E-state index contributed by atoms with van der Waals surface area (Å²) in [6.07, 6.45) is 0. The second kappa shape index (κ2) is 17.2. The zero-order chi connectivity index (χ0) is 48.4. The Morgan fingerprint density at radius 3 is 1.52 bits per heavy atom. The van der Waals surface area contributed by atoms with Crippen LogP contribution in [0.5, 0.6) is 17.2 Å². The highest BCUT2D eigenvalue weighted by Crippen LogP contribution is 2.45. The van der Waals surface area contributed by atoms with Crippen LogP contribution in [0.4, 0.5) is 22.0 Å². The zero-order valence-electron chi connectivity index (χ0n) is 35.8. The van der Waals surface area contributed by atoms with Gasteiger partial charge in [0.05, 0.1) is 25.2 Å².